The van der Waals surface area contributed by atoms with Crippen LogP contribution in [-0.4, -0.2) is 21.8 Å². The molecule has 1 aromatic carbocycles. The average Bonchev–Trinajstić information content (AvgIpc) is 2.77. The number of nitrogens with zero attached hydrogens (tertiary/aromatic N) is 3. The van der Waals surface area contributed by atoms with Gasteiger partial charge in [-0.15, -0.1) is 10.2 Å². The molecule has 1 aliphatic rings. The van der Waals surface area contributed by atoms with Crippen molar-refractivity contribution in [3.8, 4) is 0 Å². The van der Waals surface area contributed by atoms with Gasteiger partial charge in [0.2, 0.25) is 10.6 Å². The maximum absolute atomic E-state index is 11.6. The zero-order valence-electron chi connectivity index (χ0n) is 10.7. The van der Waals surface area contributed by atoms with Crippen LogP contribution in [0.3, 0.4) is 0 Å². The number of fused-ring (bicyclic) bond motifs is 1. The molecule has 0 atom stereocenters. The summed E-state index contributed by atoms with van der Waals surface area (Å²) in [6.07, 6.45) is 2.54. The van der Waals surface area contributed by atoms with Crippen molar-refractivity contribution in [2.45, 2.75) is 6.42 Å². The lowest BCUT2D eigenvalue weighted by atomic mass is 10.0. The second-order valence-corrected chi connectivity index (χ2v) is 5.41. The lowest BCUT2D eigenvalue weighted by Gasteiger charge is -2.02. The average molecular weight is 285 g/mol. The number of carbonyl (C=O) groups is 2. The molecule has 6 heteroatoms. The van der Waals surface area contributed by atoms with Crippen molar-refractivity contribution < 1.29 is 9.59 Å². The molecule has 0 unspecified atom stereocenters. The van der Waals surface area contributed by atoms with Gasteiger partial charge in [-0.2, -0.15) is 0 Å². The van der Waals surface area contributed by atoms with E-state index < -0.39 is 0 Å². The van der Waals surface area contributed by atoms with Gasteiger partial charge >= 0.3 is 0 Å². The minimum atomic E-state index is -0.253. The molecule has 100 valence electrons. The van der Waals surface area contributed by atoms with E-state index in [0.29, 0.717) is 4.80 Å². The molecule has 0 radical (unpaired) electrons. The zero-order valence-corrected chi connectivity index (χ0v) is 11.6. The molecule has 0 bridgehead atoms. The predicted molar refractivity (Wildman–Crippen MR) is 77.6 cm³/mol. The van der Waals surface area contributed by atoms with Crippen molar-refractivity contribution in [3.63, 3.8) is 0 Å². The number of aromatic nitrogens is 1. The Bertz CT molecular complexity index is 839. The number of carbonyl (C=O) groups excluding carboxylic acids is 2. The van der Waals surface area contributed by atoms with Gasteiger partial charge in [0.1, 0.15) is 5.71 Å². The van der Waals surface area contributed by atoms with Crippen LogP contribution in [0.25, 0.3) is 10.2 Å². The van der Waals surface area contributed by atoms with Crippen LogP contribution in [0.15, 0.2) is 46.6 Å². The van der Waals surface area contributed by atoms with Crippen molar-refractivity contribution in [2.24, 2.45) is 17.3 Å². The van der Waals surface area contributed by atoms with E-state index in [0.717, 1.165) is 10.2 Å². The largest absolute Gasteiger partial charge is 0.318 e. The van der Waals surface area contributed by atoms with Gasteiger partial charge in [0, 0.05) is 7.05 Å². The molecule has 1 aliphatic carbocycles. The van der Waals surface area contributed by atoms with Crippen molar-refractivity contribution in [3.05, 3.63) is 41.2 Å². The third kappa shape index (κ3) is 2.25. The molecule has 3 rings (SSSR count). The standard InChI is InChI=1S/C14H11N3O2S/c1-17-11-4-2-3-5-13(11)20-14(17)16-15-10-8-9(18)6-7-12(10)19/h2-7H,8H2,1H3. The van der Waals surface area contributed by atoms with E-state index in [1.54, 1.807) is 0 Å². The van der Waals surface area contributed by atoms with Crippen LogP contribution in [-0.2, 0) is 16.6 Å². The van der Waals surface area contributed by atoms with Gasteiger partial charge in [0.05, 0.1) is 16.6 Å². The molecular formula is C14H11N3O2S. The summed E-state index contributed by atoms with van der Waals surface area (Å²) in [7, 11) is 1.89. The highest BCUT2D eigenvalue weighted by Crippen LogP contribution is 2.15. The van der Waals surface area contributed by atoms with Gasteiger partial charge in [-0.3, -0.25) is 9.59 Å². The van der Waals surface area contributed by atoms with Crippen LogP contribution < -0.4 is 4.80 Å². The highest BCUT2D eigenvalue weighted by atomic mass is 32.1. The Hall–Kier alpha value is -2.34. The number of rotatable bonds is 1. The monoisotopic (exact) mass is 285 g/mol. The Morgan fingerprint density at radius 1 is 1.15 bits per heavy atom. The minimum Gasteiger partial charge on any atom is -0.318 e. The van der Waals surface area contributed by atoms with Gasteiger partial charge in [0.25, 0.3) is 0 Å². The summed E-state index contributed by atoms with van der Waals surface area (Å²) >= 11 is 1.49. The van der Waals surface area contributed by atoms with Crippen molar-refractivity contribution in [2.75, 3.05) is 0 Å². The summed E-state index contributed by atoms with van der Waals surface area (Å²) in [4.78, 5) is 23.5. The maximum Gasteiger partial charge on any atom is 0.211 e. The summed E-state index contributed by atoms with van der Waals surface area (Å²) in [5.41, 5.74) is 1.25. The number of ketones is 2. The molecule has 0 N–H and O–H groups in total. The molecule has 0 aliphatic heterocycles. The number of thiazole rings is 1. The third-order valence-electron chi connectivity index (χ3n) is 3.02. The van der Waals surface area contributed by atoms with Gasteiger partial charge in [-0.1, -0.05) is 23.5 Å². The van der Waals surface area contributed by atoms with E-state index in [1.165, 1.54) is 23.5 Å². The molecule has 20 heavy (non-hydrogen) atoms. The number of aryl methyl sites for hydroxylation is 1. The fourth-order valence-corrected chi connectivity index (χ4v) is 2.91. The summed E-state index contributed by atoms with van der Waals surface area (Å²) in [6, 6.07) is 7.92. The van der Waals surface area contributed by atoms with E-state index in [2.05, 4.69) is 10.2 Å². The quantitative estimate of drug-likeness (QED) is 0.747. The van der Waals surface area contributed by atoms with Gasteiger partial charge in [-0.05, 0) is 24.3 Å². The SMILES string of the molecule is Cn1c(=NN=C2CC(=O)C=CC2=O)sc2ccccc21. The van der Waals surface area contributed by atoms with Crippen LogP contribution >= 0.6 is 11.3 Å². The number of allylic oxidation sites excluding steroid dienone is 2. The smallest absolute Gasteiger partial charge is 0.211 e. The van der Waals surface area contributed by atoms with Crippen LogP contribution in [0.4, 0.5) is 0 Å². The molecule has 1 aromatic heterocycles. The highest BCUT2D eigenvalue weighted by molar-refractivity contribution is 7.16. The van der Waals surface area contributed by atoms with E-state index in [-0.39, 0.29) is 23.7 Å². The number of benzene rings is 1. The Morgan fingerprint density at radius 3 is 2.75 bits per heavy atom. The fraction of sp³-hybridized carbons (Fsp3) is 0.143. The molecule has 0 saturated heterocycles. The van der Waals surface area contributed by atoms with Crippen LogP contribution in [0.2, 0.25) is 0 Å². The summed E-state index contributed by atoms with van der Waals surface area (Å²) < 4.78 is 3.01. The molecule has 5 nitrogen and oxygen atoms in total. The Kier molecular flexibility index (Phi) is 3.15. The minimum absolute atomic E-state index is 0.0213. The first-order valence-corrected chi connectivity index (χ1v) is 6.87. The molecule has 1 heterocycles. The van der Waals surface area contributed by atoms with Crippen LogP contribution in [0.5, 0.6) is 0 Å². The topological polar surface area (TPSA) is 63.8 Å². The Labute approximate surface area is 118 Å². The Morgan fingerprint density at radius 2 is 1.95 bits per heavy atom. The first kappa shape index (κ1) is 12.7. The van der Waals surface area contributed by atoms with Gasteiger partial charge in [-0.25, -0.2) is 0 Å². The lowest BCUT2D eigenvalue weighted by Crippen LogP contribution is -2.20. The Balaban J connectivity index is 2.07. The number of hydrogen-bond donors (Lipinski definition) is 0. The number of hydrogen-bond acceptors (Lipinski definition) is 5. The lowest BCUT2D eigenvalue weighted by molar-refractivity contribution is -0.116. The van der Waals surface area contributed by atoms with E-state index in [1.807, 2.05) is 35.9 Å². The van der Waals surface area contributed by atoms with Crippen molar-refractivity contribution in [1.29, 1.82) is 0 Å². The van der Waals surface area contributed by atoms with E-state index in [9.17, 15) is 9.59 Å². The molecule has 2 aromatic rings. The first-order chi connectivity index (χ1) is 9.65. The van der Waals surface area contributed by atoms with Crippen LogP contribution in [0, 0.1) is 0 Å². The van der Waals surface area contributed by atoms with Gasteiger partial charge in [0.15, 0.2) is 5.78 Å². The first-order valence-electron chi connectivity index (χ1n) is 6.05. The highest BCUT2D eigenvalue weighted by Gasteiger charge is 2.17. The molecule has 0 amide bonds. The third-order valence-corrected chi connectivity index (χ3v) is 4.12. The summed E-state index contributed by atoms with van der Waals surface area (Å²) in [6.45, 7) is 0. The molecular weight excluding hydrogens is 274 g/mol. The van der Waals surface area contributed by atoms with E-state index >= 15 is 0 Å². The zero-order chi connectivity index (χ0) is 14.1. The summed E-state index contributed by atoms with van der Waals surface area (Å²) in [5, 5.41) is 8.06. The van der Waals surface area contributed by atoms with Crippen molar-refractivity contribution in [1.82, 2.24) is 4.57 Å². The molecule has 0 spiro atoms. The molecule has 0 fully saturated rings. The maximum atomic E-state index is 11.6. The number of para-hydroxylation sites is 1. The van der Waals surface area contributed by atoms with Crippen molar-refractivity contribution >= 4 is 38.8 Å². The van der Waals surface area contributed by atoms with E-state index in [4.69, 9.17) is 0 Å². The van der Waals surface area contributed by atoms with Gasteiger partial charge < -0.3 is 4.57 Å². The second-order valence-electron chi connectivity index (χ2n) is 4.40. The second kappa shape index (κ2) is 4.97. The normalized spacial score (nSPS) is 18.4. The molecule has 0 saturated carbocycles. The predicted octanol–water partition coefficient (Wildman–Crippen LogP) is 1.59. The summed E-state index contributed by atoms with van der Waals surface area (Å²) in [5.74, 6) is -0.378. The fourth-order valence-electron chi connectivity index (χ4n) is 1.94. The van der Waals surface area contributed by atoms with Crippen LogP contribution in [0.1, 0.15) is 6.42 Å².